The Morgan fingerprint density at radius 2 is 1.96 bits per heavy atom. The average molecular weight is 397 g/mol. The Morgan fingerprint density at radius 1 is 1.24 bits per heavy atom. The minimum absolute atomic E-state index is 0.0788. The molecule has 3 aromatic rings. The molecular weight excluding hydrogens is 384 g/mol. The van der Waals surface area contributed by atoms with Gasteiger partial charge in [-0.3, -0.25) is 4.79 Å². The van der Waals surface area contributed by atoms with Crippen LogP contribution < -0.4 is 4.80 Å². The maximum Gasteiger partial charge on any atom is 0.325 e. The van der Waals surface area contributed by atoms with Gasteiger partial charge in [0.2, 0.25) is 4.80 Å². The molecular formula is C16H13ClN2O4S2. The molecule has 0 fully saturated rings. The third-order valence-corrected chi connectivity index (χ3v) is 6.07. The van der Waals surface area contributed by atoms with E-state index in [1.165, 1.54) is 23.8 Å². The van der Waals surface area contributed by atoms with Crippen molar-refractivity contribution in [1.29, 1.82) is 0 Å². The molecule has 6 nitrogen and oxygen atoms in total. The van der Waals surface area contributed by atoms with E-state index >= 15 is 0 Å². The molecule has 0 unspecified atom stereocenters. The van der Waals surface area contributed by atoms with Gasteiger partial charge in [0.05, 0.1) is 22.2 Å². The molecule has 0 amide bonds. The van der Waals surface area contributed by atoms with Crippen LogP contribution in [0.1, 0.15) is 0 Å². The Morgan fingerprint density at radius 3 is 2.64 bits per heavy atom. The Kier molecular flexibility index (Phi) is 4.94. The SMILES string of the molecule is COC(=O)Cn1c(=NS(=O)(=O)c2ccccc2)sc2cc(Cl)ccc21. The second-order valence-corrected chi connectivity index (χ2v) is 8.09. The highest BCUT2D eigenvalue weighted by Crippen LogP contribution is 2.22. The number of fused-ring (bicyclic) bond motifs is 1. The summed E-state index contributed by atoms with van der Waals surface area (Å²) in [7, 11) is -2.64. The van der Waals surface area contributed by atoms with Crippen molar-refractivity contribution >= 4 is 49.1 Å². The number of thiazole rings is 1. The van der Waals surface area contributed by atoms with Crippen LogP contribution in [0.2, 0.25) is 5.02 Å². The summed E-state index contributed by atoms with van der Waals surface area (Å²) < 4.78 is 35.9. The van der Waals surface area contributed by atoms with Gasteiger partial charge in [-0.2, -0.15) is 8.42 Å². The lowest BCUT2D eigenvalue weighted by atomic mass is 10.3. The molecule has 0 N–H and O–H groups in total. The number of esters is 1. The van der Waals surface area contributed by atoms with Gasteiger partial charge in [-0.25, -0.2) is 0 Å². The fraction of sp³-hybridized carbons (Fsp3) is 0.125. The lowest BCUT2D eigenvalue weighted by Gasteiger charge is -2.04. The zero-order chi connectivity index (χ0) is 18.0. The van der Waals surface area contributed by atoms with Crippen LogP contribution in [0.4, 0.5) is 0 Å². The van der Waals surface area contributed by atoms with Crippen LogP contribution in [0, 0.1) is 0 Å². The Bertz CT molecular complexity index is 1100. The van der Waals surface area contributed by atoms with Crippen molar-refractivity contribution in [3.05, 3.63) is 58.4 Å². The summed E-state index contributed by atoms with van der Waals surface area (Å²) in [4.78, 5) is 12.0. The normalized spacial score (nSPS) is 12.5. The summed E-state index contributed by atoms with van der Waals surface area (Å²) in [5.74, 6) is -0.506. The predicted octanol–water partition coefficient (Wildman–Crippen LogP) is 2.82. The minimum atomic E-state index is -3.91. The number of sulfonamides is 1. The van der Waals surface area contributed by atoms with Gasteiger partial charge < -0.3 is 9.30 Å². The quantitative estimate of drug-likeness (QED) is 0.635. The van der Waals surface area contributed by atoms with Crippen LogP contribution in [0.5, 0.6) is 0 Å². The fourth-order valence-corrected chi connectivity index (χ4v) is 4.74. The first-order valence-electron chi connectivity index (χ1n) is 7.12. The molecule has 0 saturated heterocycles. The van der Waals surface area contributed by atoms with Crippen molar-refractivity contribution in [3.8, 4) is 0 Å². The molecule has 2 aromatic carbocycles. The molecule has 0 radical (unpaired) electrons. The summed E-state index contributed by atoms with van der Waals surface area (Å²) in [5.41, 5.74) is 0.654. The summed E-state index contributed by atoms with van der Waals surface area (Å²) in [6.45, 7) is -0.152. The minimum Gasteiger partial charge on any atom is -0.468 e. The standard InChI is InChI=1S/C16H13ClN2O4S2/c1-23-15(20)10-19-13-8-7-11(17)9-14(13)24-16(19)18-25(21,22)12-5-3-2-4-6-12/h2-9H,10H2,1H3. The van der Waals surface area contributed by atoms with Gasteiger partial charge in [0, 0.05) is 5.02 Å². The lowest BCUT2D eigenvalue weighted by molar-refractivity contribution is -0.141. The first-order valence-corrected chi connectivity index (χ1v) is 9.76. The zero-order valence-corrected chi connectivity index (χ0v) is 15.4. The Balaban J connectivity index is 2.24. The first-order chi connectivity index (χ1) is 11.9. The molecule has 0 bridgehead atoms. The van der Waals surface area contributed by atoms with Gasteiger partial charge in [0.1, 0.15) is 6.54 Å². The molecule has 3 rings (SSSR count). The number of ether oxygens (including phenoxy) is 1. The second-order valence-electron chi connectivity index (χ2n) is 5.04. The second kappa shape index (κ2) is 6.99. The molecule has 0 atom stereocenters. The number of hydrogen-bond donors (Lipinski definition) is 0. The van der Waals surface area contributed by atoms with Crippen LogP contribution in [0.25, 0.3) is 10.2 Å². The molecule has 0 aliphatic rings. The number of carbonyl (C=O) groups excluding carboxylic acids is 1. The van der Waals surface area contributed by atoms with Crippen LogP contribution in [0.3, 0.4) is 0 Å². The van der Waals surface area contributed by atoms with E-state index in [2.05, 4.69) is 4.40 Å². The molecule has 25 heavy (non-hydrogen) atoms. The molecule has 1 aromatic heterocycles. The third kappa shape index (κ3) is 3.76. The molecule has 0 saturated carbocycles. The van der Waals surface area contributed by atoms with E-state index in [1.54, 1.807) is 36.4 Å². The van der Waals surface area contributed by atoms with Gasteiger partial charge in [-0.05, 0) is 30.3 Å². The number of halogens is 1. The highest BCUT2D eigenvalue weighted by molar-refractivity contribution is 7.90. The maximum absolute atomic E-state index is 12.5. The van der Waals surface area contributed by atoms with E-state index in [-0.39, 0.29) is 16.2 Å². The van der Waals surface area contributed by atoms with Gasteiger partial charge in [0.25, 0.3) is 10.0 Å². The molecule has 0 aliphatic heterocycles. The molecule has 0 spiro atoms. The summed E-state index contributed by atoms with van der Waals surface area (Å²) in [5, 5.41) is 0.511. The highest BCUT2D eigenvalue weighted by Gasteiger charge is 2.16. The number of methoxy groups -OCH3 is 1. The molecule has 1 heterocycles. The predicted molar refractivity (Wildman–Crippen MR) is 96.0 cm³/mol. The van der Waals surface area contributed by atoms with Crippen LogP contribution >= 0.6 is 22.9 Å². The fourth-order valence-electron chi connectivity index (χ4n) is 2.21. The van der Waals surface area contributed by atoms with E-state index < -0.39 is 16.0 Å². The smallest absolute Gasteiger partial charge is 0.325 e. The summed E-state index contributed by atoms with van der Waals surface area (Å²) in [6.07, 6.45) is 0. The topological polar surface area (TPSA) is 77.7 Å². The molecule has 0 aliphatic carbocycles. The Hall–Kier alpha value is -2.16. The number of benzene rings is 2. The van der Waals surface area contributed by atoms with Crippen LogP contribution in [-0.2, 0) is 26.1 Å². The first kappa shape index (κ1) is 17.7. The highest BCUT2D eigenvalue weighted by atomic mass is 35.5. The third-order valence-electron chi connectivity index (χ3n) is 3.40. The zero-order valence-electron chi connectivity index (χ0n) is 13.0. The van der Waals surface area contributed by atoms with Crippen molar-refractivity contribution < 1.29 is 17.9 Å². The monoisotopic (exact) mass is 396 g/mol. The van der Waals surface area contributed by atoms with Crippen LogP contribution in [-0.4, -0.2) is 26.1 Å². The van der Waals surface area contributed by atoms with Gasteiger partial charge in [-0.1, -0.05) is 41.1 Å². The largest absolute Gasteiger partial charge is 0.468 e. The van der Waals surface area contributed by atoms with Crippen molar-refractivity contribution in [3.63, 3.8) is 0 Å². The van der Waals surface area contributed by atoms with Gasteiger partial charge in [0.15, 0.2) is 0 Å². The maximum atomic E-state index is 12.5. The summed E-state index contributed by atoms with van der Waals surface area (Å²) >= 11 is 7.14. The van der Waals surface area contributed by atoms with Crippen molar-refractivity contribution in [1.82, 2.24) is 4.57 Å². The van der Waals surface area contributed by atoms with Gasteiger partial charge >= 0.3 is 5.97 Å². The average Bonchev–Trinajstić information content (AvgIpc) is 2.91. The number of hydrogen-bond acceptors (Lipinski definition) is 5. The van der Waals surface area contributed by atoms with E-state index in [4.69, 9.17) is 16.3 Å². The molecule has 9 heteroatoms. The molecule has 130 valence electrons. The number of nitrogens with zero attached hydrogens (tertiary/aromatic N) is 2. The van der Waals surface area contributed by atoms with Crippen molar-refractivity contribution in [2.75, 3.05) is 7.11 Å². The van der Waals surface area contributed by atoms with Crippen molar-refractivity contribution in [2.24, 2.45) is 4.40 Å². The summed E-state index contributed by atoms with van der Waals surface area (Å²) in [6, 6.07) is 13.0. The van der Waals surface area contributed by atoms with E-state index in [0.29, 0.717) is 10.5 Å². The number of carbonyl (C=O) groups is 1. The number of rotatable bonds is 4. The van der Waals surface area contributed by atoms with E-state index in [1.807, 2.05) is 0 Å². The van der Waals surface area contributed by atoms with E-state index in [9.17, 15) is 13.2 Å². The van der Waals surface area contributed by atoms with Crippen LogP contribution in [0.15, 0.2) is 57.8 Å². The van der Waals surface area contributed by atoms with Gasteiger partial charge in [-0.15, -0.1) is 4.40 Å². The Labute approximate surface area is 153 Å². The van der Waals surface area contributed by atoms with E-state index in [0.717, 1.165) is 16.0 Å². The van der Waals surface area contributed by atoms with Crippen molar-refractivity contribution in [2.45, 2.75) is 11.4 Å². The lowest BCUT2D eigenvalue weighted by Crippen LogP contribution is -2.22. The number of aromatic nitrogens is 1.